The Morgan fingerprint density at radius 1 is 1.11 bits per heavy atom. The fraction of sp³-hybridized carbons (Fsp3) is 0.111. The Hall–Kier alpha value is -3.59. The number of nitrogen functional groups attached to an aromatic ring is 2. The Morgan fingerprint density at radius 2 is 1.89 bits per heavy atom. The summed E-state index contributed by atoms with van der Waals surface area (Å²) in [6.07, 6.45) is 0. The number of carbonyl (C=O) groups excluding carboxylic acids is 1. The molecule has 0 aliphatic carbocycles. The van der Waals surface area contributed by atoms with E-state index < -0.39 is 5.97 Å². The number of methoxy groups -OCH3 is 1. The van der Waals surface area contributed by atoms with Gasteiger partial charge in [-0.25, -0.2) is 4.79 Å². The van der Waals surface area contributed by atoms with Crippen LogP contribution in [0.3, 0.4) is 0 Å². The number of aromatic nitrogens is 3. The second-order valence-corrected chi connectivity index (χ2v) is 5.94. The van der Waals surface area contributed by atoms with Gasteiger partial charge in [-0.2, -0.15) is 15.0 Å². The summed E-state index contributed by atoms with van der Waals surface area (Å²) in [5.41, 5.74) is 12.5. The average molecular weight is 401 g/mol. The van der Waals surface area contributed by atoms with E-state index >= 15 is 0 Å². The summed E-state index contributed by atoms with van der Waals surface area (Å²) in [6.45, 7) is -0.224. The first-order valence-electron chi connectivity index (χ1n) is 8.09. The summed E-state index contributed by atoms with van der Waals surface area (Å²) in [6, 6.07) is 11.9. The molecule has 10 heteroatoms. The zero-order chi connectivity index (χ0) is 20.1. The van der Waals surface area contributed by atoms with Crippen LogP contribution in [0.4, 0.5) is 23.3 Å². The number of nitrogens with one attached hydrogen (secondary N) is 1. The molecule has 5 N–H and O–H groups in total. The van der Waals surface area contributed by atoms with Gasteiger partial charge in [-0.15, -0.1) is 0 Å². The zero-order valence-electron chi connectivity index (χ0n) is 14.8. The number of hydrogen-bond donors (Lipinski definition) is 3. The highest BCUT2D eigenvalue weighted by atomic mass is 35.5. The van der Waals surface area contributed by atoms with E-state index in [0.717, 1.165) is 0 Å². The van der Waals surface area contributed by atoms with Gasteiger partial charge in [0.2, 0.25) is 11.9 Å². The number of hydrogen-bond acceptors (Lipinski definition) is 9. The van der Waals surface area contributed by atoms with E-state index in [2.05, 4.69) is 20.3 Å². The fourth-order valence-corrected chi connectivity index (χ4v) is 2.52. The van der Waals surface area contributed by atoms with Crippen molar-refractivity contribution in [1.82, 2.24) is 15.0 Å². The number of rotatable bonds is 6. The van der Waals surface area contributed by atoms with Crippen LogP contribution in [0, 0.1) is 0 Å². The molecule has 2 aromatic carbocycles. The molecule has 144 valence electrons. The van der Waals surface area contributed by atoms with Gasteiger partial charge in [0.15, 0.2) is 12.4 Å². The van der Waals surface area contributed by atoms with E-state index in [-0.39, 0.29) is 40.6 Å². The molecule has 0 saturated carbocycles. The van der Waals surface area contributed by atoms with Crippen LogP contribution in [0.5, 0.6) is 5.75 Å². The third kappa shape index (κ3) is 4.38. The van der Waals surface area contributed by atoms with E-state index in [1.54, 1.807) is 31.4 Å². The third-order valence-corrected chi connectivity index (χ3v) is 3.99. The Kier molecular flexibility index (Phi) is 5.75. The van der Waals surface area contributed by atoms with Gasteiger partial charge in [0.05, 0.1) is 29.1 Å². The van der Waals surface area contributed by atoms with Crippen LogP contribution in [-0.2, 0) is 11.3 Å². The zero-order valence-corrected chi connectivity index (χ0v) is 15.6. The number of anilines is 4. The van der Waals surface area contributed by atoms with Gasteiger partial charge >= 0.3 is 5.97 Å². The topological polar surface area (TPSA) is 138 Å². The first kappa shape index (κ1) is 19.2. The molecule has 0 fully saturated rings. The van der Waals surface area contributed by atoms with Crippen LogP contribution in [0.15, 0.2) is 42.5 Å². The fourth-order valence-electron chi connectivity index (χ4n) is 2.35. The van der Waals surface area contributed by atoms with Crippen molar-refractivity contribution in [2.24, 2.45) is 0 Å². The largest absolute Gasteiger partial charge is 0.495 e. The summed E-state index contributed by atoms with van der Waals surface area (Å²) in [5.74, 6) is 0.272. The number of carbonyl (C=O) groups is 1. The van der Waals surface area contributed by atoms with Crippen LogP contribution >= 0.6 is 11.6 Å². The van der Waals surface area contributed by atoms with Crippen molar-refractivity contribution in [2.75, 3.05) is 23.9 Å². The molecule has 0 atom stereocenters. The van der Waals surface area contributed by atoms with Gasteiger partial charge < -0.3 is 26.3 Å². The van der Waals surface area contributed by atoms with E-state index in [4.69, 9.17) is 32.5 Å². The maximum Gasteiger partial charge on any atom is 0.340 e. The maximum atomic E-state index is 12.2. The molecule has 3 rings (SSSR count). The van der Waals surface area contributed by atoms with Gasteiger partial charge in [-0.1, -0.05) is 29.8 Å². The number of nitrogens with zero attached hydrogens (tertiary/aromatic N) is 3. The highest BCUT2D eigenvalue weighted by Crippen LogP contribution is 2.26. The summed E-state index contributed by atoms with van der Waals surface area (Å²) >= 11 is 5.92. The van der Waals surface area contributed by atoms with Gasteiger partial charge in [0.25, 0.3) is 0 Å². The van der Waals surface area contributed by atoms with E-state index in [1.807, 2.05) is 12.1 Å². The normalized spacial score (nSPS) is 10.4. The smallest absolute Gasteiger partial charge is 0.340 e. The molecule has 0 unspecified atom stereocenters. The second-order valence-electron chi connectivity index (χ2n) is 5.54. The maximum absolute atomic E-state index is 12.2. The Balaban J connectivity index is 1.75. The van der Waals surface area contributed by atoms with Crippen LogP contribution in [0.25, 0.3) is 0 Å². The Labute approximate surface area is 165 Å². The van der Waals surface area contributed by atoms with Crippen LogP contribution < -0.4 is 21.5 Å². The van der Waals surface area contributed by atoms with Crippen molar-refractivity contribution in [3.05, 3.63) is 58.9 Å². The molecule has 0 bridgehead atoms. The lowest BCUT2D eigenvalue weighted by atomic mass is 10.2. The minimum atomic E-state index is -0.654. The molecule has 0 radical (unpaired) electrons. The van der Waals surface area contributed by atoms with Crippen molar-refractivity contribution in [1.29, 1.82) is 0 Å². The first-order chi connectivity index (χ1) is 13.5. The standard InChI is InChI=1S/C18H17ClN6O3/c1-27-13-8-3-2-7-12(13)22-18-24-14(23-17(21)25-18)9-28-16(26)10-5-4-6-11(19)15(10)20/h2-8H,9,20H2,1H3,(H3,21,22,23,24,25). The van der Waals surface area contributed by atoms with Crippen molar-refractivity contribution >= 4 is 40.8 Å². The second kappa shape index (κ2) is 8.40. The number of nitrogens with two attached hydrogens (primary N) is 2. The minimum Gasteiger partial charge on any atom is -0.495 e. The van der Waals surface area contributed by atoms with Gasteiger partial charge in [0.1, 0.15) is 5.75 Å². The van der Waals surface area contributed by atoms with Gasteiger partial charge in [0, 0.05) is 0 Å². The van der Waals surface area contributed by atoms with E-state index in [0.29, 0.717) is 11.4 Å². The number of halogens is 1. The van der Waals surface area contributed by atoms with Crippen LogP contribution in [0.1, 0.15) is 16.2 Å². The van der Waals surface area contributed by atoms with Crippen LogP contribution in [0.2, 0.25) is 5.02 Å². The molecule has 0 spiro atoms. The minimum absolute atomic E-state index is 0.0271. The molecule has 0 amide bonds. The van der Waals surface area contributed by atoms with Gasteiger partial charge in [-0.05, 0) is 24.3 Å². The molecule has 0 aliphatic heterocycles. The van der Waals surface area contributed by atoms with Crippen molar-refractivity contribution in [3.63, 3.8) is 0 Å². The quantitative estimate of drug-likeness (QED) is 0.421. The van der Waals surface area contributed by atoms with Crippen molar-refractivity contribution < 1.29 is 14.3 Å². The monoisotopic (exact) mass is 400 g/mol. The average Bonchev–Trinajstić information content (AvgIpc) is 2.68. The lowest BCUT2D eigenvalue weighted by Gasteiger charge is -2.11. The molecule has 0 saturated heterocycles. The predicted molar refractivity (Wildman–Crippen MR) is 105 cm³/mol. The molecule has 0 aliphatic rings. The molecule has 1 heterocycles. The molecule has 3 aromatic rings. The van der Waals surface area contributed by atoms with Crippen LogP contribution in [-0.4, -0.2) is 28.0 Å². The van der Waals surface area contributed by atoms with Crippen molar-refractivity contribution in [2.45, 2.75) is 6.61 Å². The third-order valence-electron chi connectivity index (χ3n) is 3.66. The number of para-hydroxylation sites is 3. The Morgan fingerprint density at radius 3 is 2.68 bits per heavy atom. The summed E-state index contributed by atoms with van der Waals surface area (Å²) < 4.78 is 10.5. The highest BCUT2D eigenvalue weighted by Gasteiger charge is 2.15. The Bertz CT molecular complexity index is 1010. The first-order valence-corrected chi connectivity index (χ1v) is 8.47. The molecular formula is C18H17ClN6O3. The predicted octanol–water partition coefficient (Wildman–Crippen LogP) is 2.80. The van der Waals surface area contributed by atoms with E-state index in [1.165, 1.54) is 6.07 Å². The SMILES string of the molecule is COc1ccccc1Nc1nc(N)nc(COC(=O)c2cccc(Cl)c2N)n1. The summed E-state index contributed by atoms with van der Waals surface area (Å²) in [5, 5.41) is 3.26. The summed E-state index contributed by atoms with van der Waals surface area (Å²) in [4.78, 5) is 24.4. The number of benzene rings is 2. The molecule has 28 heavy (non-hydrogen) atoms. The lowest BCUT2D eigenvalue weighted by molar-refractivity contribution is 0.0463. The highest BCUT2D eigenvalue weighted by molar-refractivity contribution is 6.33. The van der Waals surface area contributed by atoms with Crippen molar-refractivity contribution in [3.8, 4) is 5.75 Å². The summed E-state index contributed by atoms with van der Waals surface area (Å²) in [7, 11) is 1.55. The number of ether oxygens (including phenoxy) is 2. The molecular weight excluding hydrogens is 384 g/mol. The molecule has 1 aromatic heterocycles. The molecule has 9 nitrogen and oxygen atoms in total. The van der Waals surface area contributed by atoms with Gasteiger partial charge in [-0.3, -0.25) is 0 Å². The number of esters is 1. The van der Waals surface area contributed by atoms with E-state index in [9.17, 15) is 4.79 Å². The lowest BCUT2D eigenvalue weighted by Crippen LogP contribution is -2.12.